The van der Waals surface area contributed by atoms with Gasteiger partial charge in [0.15, 0.2) is 0 Å². The summed E-state index contributed by atoms with van der Waals surface area (Å²) in [5.74, 6) is 1.78. The van der Waals surface area contributed by atoms with Crippen molar-refractivity contribution >= 4 is 0 Å². The number of nitrogens with one attached hydrogen (secondary N) is 1. The molecule has 3 rings (SSSR count). The van der Waals surface area contributed by atoms with Gasteiger partial charge < -0.3 is 5.32 Å². The lowest BCUT2D eigenvalue weighted by Gasteiger charge is -2.52. The van der Waals surface area contributed by atoms with Crippen LogP contribution in [0.2, 0.25) is 0 Å². The summed E-state index contributed by atoms with van der Waals surface area (Å²) in [6.45, 7) is 9.83. The fourth-order valence-corrected chi connectivity index (χ4v) is 4.91. The summed E-state index contributed by atoms with van der Waals surface area (Å²) >= 11 is 0. The Morgan fingerprint density at radius 2 is 1.71 bits per heavy atom. The fraction of sp³-hybridized carbons (Fsp3) is 1.00. The van der Waals surface area contributed by atoms with Gasteiger partial charge in [-0.15, -0.1) is 0 Å². The average Bonchev–Trinajstić information content (AvgIpc) is 3.27. The lowest BCUT2D eigenvalue weighted by molar-refractivity contribution is -0.0102. The van der Waals surface area contributed by atoms with Gasteiger partial charge in [0.1, 0.15) is 0 Å². The third kappa shape index (κ3) is 3.64. The van der Waals surface area contributed by atoms with Gasteiger partial charge in [-0.3, -0.25) is 4.90 Å². The van der Waals surface area contributed by atoms with Gasteiger partial charge in [-0.25, -0.2) is 0 Å². The first-order valence-corrected chi connectivity index (χ1v) is 9.59. The molecule has 0 spiro atoms. The maximum Gasteiger partial charge on any atom is 0.0337 e. The van der Waals surface area contributed by atoms with Crippen molar-refractivity contribution in [2.75, 3.05) is 13.1 Å². The van der Waals surface area contributed by atoms with E-state index in [1.165, 1.54) is 70.9 Å². The molecule has 2 aliphatic carbocycles. The first kappa shape index (κ1) is 15.8. The second kappa shape index (κ2) is 6.58. The Morgan fingerprint density at radius 1 is 1.05 bits per heavy atom. The molecule has 1 N–H and O–H groups in total. The third-order valence-corrected chi connectivity index (χ3v) is 6.30. The molecule has 122 valence electrons. The normalized spacial score (nSPS) is 36.9. The smallest absolute Gasteiger partial charge is 0.0337 e. The zero-order valence-electron chi connectivity index (χ0n) is 14.5. The molecule has 0 aromatic heterocycles. The molecule has 3 fully saturated rings. The first-order valence-electron chi connectivity index (χ1n) is 9.59. The first-order chi connectivity index (χ1) is 10.1. The molecule has 2 unspecified atom stereocenters. The molecular weight excluding hydrogens is 256 g/mol. The highest BCUT2D eigenvalue weighted by Gasteiger charge is 2.50. The van der Waals surface area contributed by atoms with Crippen molar-refractivity contribution in [1.29, 1.82) is 0 Å². The van der Waals surface area contributed by atoms with Crippen molar-refractivity contribution in [2.45, 2.75) is 96.2 Å². The minimum Gasteiger partial charge on any atom is -0.311 e. The highest BCUT2D eigenvalue weighted by atomic mass is 15.3. The van der Waals surface area contributed by atoms with Crippen LogP contribution in [0.25, 0.3) is 0 Å². The third-order valence-electron chi connectivity index (χ3n) is 6.30. The van der Waals surface area contributed by atoms with E-state index < -0.39 is 0 Å². The van der Waals surface area contributed by atoms with Crippen molar-refractivity contribution in [3.63, 3.8) is 0 Å². The Hall–Kier alpha value is -0.0800. The Bertz CT molecular complexity index is 328. The van der Waals surface area contributed by atoms with Crippen LogP contribution >= 0.6 is 0 Å². The van der Waals surface area contributed by atoms with Gasteiger partial charge in [-0.05, 0) is 50.9 Å². The summed E-state index contributed by atoms with van der Waals surface area (Å²) in [7, 11) is 0. The zero-order chi connectivity index (χ0) is 14.9. The number of hydrogen-bond acceptors (Lipinski definition) is 2. The maximum absolute atomic E-state index is 3.91. The van der Waals surface area contributed by atoms with E-state index in [1.807, 2.05) is 0 Å². The van der Waals surface area contributed by atoms with E-state index in [9.17, 15) is 0 Å². The van der Waals surface area contributed by atoms with Gasteiger partial charge in [0.05, 0.1) is 0 Å². The molecule has 2 atom stereocenters. The number of piperazine rings is 1. The summed E-state index contributed by atoms with van der Waals surface area (Å²) in [5.41, 5.74) is 0.447. The Kier molecular flexibility index (Phi) is 4.95. The zero-order valence-corrected chi connectivity index (χ0v) is 14.5. The highest BCUT2D eigenvalue weighted by Crippen LogP contribution is 2.46. The van der Waals surface area contributed by atoms with Crippen LogP contribution in [-0.4, -0.2) is 35.6 Å². The van der Waals surface area contributed by atoms with Crippen LogP contribution in [-0.2, 0) is 0 Å². The van der Waals surface area contributed by atoms with Gasteiger partial charge in [0.2, 0.25) is 0 Å². The minimum atomic E-state index is 0.447. The lowest BCUT2D eigenvalue weighted by Crippen LogP contribution is -2.67. The second-order valence-corrected chi connectivity index (χ2v) is 8.64. The lowest BCUT2D eigenvalue weighted by atomic mass is 9.85. The molecule has 0 aromatic carbocycles. The molecular formula is C19H36N2. The standard InChI is InChI=1S/C19H36N2/c1-15(2)12-17-13-21(18-8-6-4-5-7-9-18)19(3,14-20-17)16-10-11-16/h15-18,20H,4-14H2,1-3H3. The predicted octanol–water partition coefficient (Wildman–Crippen LogP) is 4.20. The number of nitrogens with zero attached hydrogens (tertiary/aromatic N) is 1. The molecule has 0 aromatic rings. The molecule has 0 radical (unpaired) electrons. The fourth-order valence-electron chi connectivity index (χ4n) is 4.91. The maximum atomic E-state index is 3.91. The molecule has 2 saturated carbocycles. The van der Waals surface area contributed by atoms with E-state index in [-0.39, 0.29) is 0 Å². The van der Waals surface area contributed by atoms with Gasteiger partial charge >= 0.3 is 0 Å². The molecule has 2 nitrogen and oxygen atoms in total. The van der Waals surface area contributed by atoms with Crippen LogP contribution in [0.15, 0.2) is 0 Å². The van der Waals surface area contributed by atoms with Crippen LogP contribution in [0.3, 0.4) is 0 Å². The van der Waals surface area contributed by atoms with Crippen LogP contribution in [0.1, 0.15) is 78.6 Å². The van der Waals surface area contributed by atoms with Gasteiger partial charge in [-0.1, -0.05) is 39.5 Å². The van der Waals surface area contributed by atoms with Crippen molar-refractivity contribution < 1.29 is 0 Å². The summed E-state index contributed by atoms with van der Waals surface area (Å²) in [4.78, 5) is 2.99. The van der Waals surface area contributed by atoms with Crippen LogP contribution in [0, 0.1) is 11.8 Å². The molecule has 1 aliphatic heterocycles. The molecule has 1 saturated heterocycles. The monoisotopic (exact) mass is 292 g/mol. The van der Waals surface area contributed by atoms with Crippen molar-refractivity contribution in [3.8, 4) is 0 Å². The molecule has 1 heterocycles. The van der Waals surface area contributed by atoms with E-state index in [2.05, 4.69) is 31.0 Å². The summed E-state index contributed by atoms with van der Waals surface area (Å²) in [5, 5.41) is 3.91. The molecule has 21 heavy (non-hydrogen) atoms. The van der Waals surface area contributed by atoms with Crippen molar-refractivity contribution in [1.82, 2.24) is 10.2 Å². The highest BCUT2D eigenvalue weighted by molar-refractivity contribution is 5.06. The number of hydrogen-bond donors (Lipinski definition) is 1. The van der Waals surface area contributed by atoms with Crippen LogP contribution in [0.4, 0.5) is 0 Å². The van der Waals surface area contributed by atoms with Crippen LogP contribution in [0.5, 0.6) is 0 Å². The summed E-state index contributed by atoms with van der Waals surface area (Å²) in [6, 6.07) is 1.59. The Morgan fingerprint density at radius 3 is 2.29 bits per heavy atom. The second-order valence-electron chi connectivity index (χ2n) is 8.64. The van der Waals surface area contributed by atoms with E-state index in [4.69, 9.17) is 0 Å². The van der Waals surface area contributed by atoms with Gasteiger partial charge in [0, 0.05) is 30.7 Å². The Balaban J connectivity index is 1.72. The topological polar surface area (TPSA) is 15.3 Å². The number of rotatable bonds is 4. The van der Waals surface area contributed by atoms with Crippen LogP contribution < -0.4 is 5.32 Å². The predicted molar refractivity (Wildman–Crippen MR) is 90.6 cm³/mol. The average molecular weight is 293 g/mol. The SMILES string of the molecule is CC(C)CC1CN(C2CCCCCC2)C(C)(C2CC2)CN1. The van der Waals surface area contributed by atoms with E-state index >= 15 is 0 Å². The quantitative estimate of drug-likeness (QED) is 0.781. The van der Waals surface area contributed by atoms with E-state index in [0.717, 1.165) is 23.9 Å². The van der Waals surface area contributed by atoms with Crippen molar-refractivity contribution in [2.24, 2.45) is 11.8 Å². The van der Waals surface area contributed by atoms with E-state index in [0.29, 0.717) is 5.54 Å². The summed E-state index contributed by atoms with van der Waals surface area (Å²) < 4.78 is 0. The van der Waals surface area contributed by atoms with Gasteiger partial charge in [0.25, 0.3) is 0 Å². The minimum absolute atomic E-state index is 0.447. The molecule has 2 heteroatoms. The Labute approximate surface area is 132 Å². The molecule has 0 amide bonds. The molecule has 3 aliphatic rings. The summed E-state index contributed by atoms with van der Waals surface area (Å²) in [6.07, 6.45) is 13.1. The molecule has 0 bridgehead atoms. The van der Waals surface area contributed by atoms with Crippen molar-refractivity contribution in [3.05, 3.63) is 0 Å². The van der Waals surface area contributed by atoms with Gasteiger partial charge in [-0.2, -0.15) is 0 Å². The van der Waals surface area contributed by atoms with E-state index in [1.54, 1.807) is 0 Å². The largest absolute Gasteiger partial charge is 0.311 e.